The first kappa shape index (κ1) is 17.9. The van der Waals surface area contributed by atoms with Crippen molar-refractivity contribution in [3.05, 3.63) is 71.2 Å². The lowest BCUT2D eigenvalue weighted by atomic mass is 10.0. The molecule has 30 heavy (non-hydrogen) atoms. The third kappa shape index (κ3) is 3.14. The van der Waals surface area contributed by atoms with E-state index in [4.69, 9.17) is 4.52 Å². The smallest absolute Gasteiger partial charge is 0.257 e. The van der Waals surface area contributed by atoms with Crippen LogP contribution in [0.2, 0.25) is 0 Å². The van der Waals surface area contributed by atoms with Crippen molar-refractivity contribution in [3.63, 3.8) is 0 Å². The van der Waals surface area contributed by atoms with Gasteiger partial charge in [-0.3, -0.25) is 4.90 Å². The number of benzene rings is 2. The summed E-state index contributed by atoms with van der Waals surface area (Å²) in [6.07, 6.45) is 4.64. The van der Waals surface area contributed by atoms with Crippen molar-refractivity contribution < 1.29 is 4.52 Å². The van der Waals surface area contributed by atoms with Gasteiger partial charge in [0.2, 0.25) is 0 Å². The summed E-state index contributed by atoms with van der Waals surface area (Å²) in [7, 11) is 0. The van der Waals surface area contributed by atoms with E-state index in [1.54, 1.807) is 0 Å². The molecule has 0 spiro atoms. The van der Waals surface area contributed by atoms with E-state index >= 15 is 0 Å². The Bertz CT molecular complexity index is 1200. The second-order valence-corrected chi connectivity index (χ2v) is 8.68. The molecule has 152 valence electrons. The second kappa shape index (κ2) is 7.10. The summed E-state index contributed by atoms with van der Waals surface area (Å²) in [6.45, 7) is 5.34. The van der Waals surface area contributed by atoms with Gasteiger partial charge in [0, 0.05) is 60.7 Å². The van der Waals surface area contributed by atoms with E-state index in [1.807, 2.05) is 30.3 Å². The Balaban J connectivity index is 1.30. The van der Waals surface area contributed by atoms with Crippen LogP contribution < -0.4 is 0 Å². The zero-order valence-corrected chi connectivity index (χ0v) is 17.3. The third-order valence-electron chi connectivity index (χ3n) is 6.55. The SMILES string of the molecule is Cc1ccc2c(c1)c1c(n2CCc2noc(-c3ccccc3)n2)CCN(C2CC2)C1. The second-order valence-electron chi connectivity index (χ2n) is 8.68. The van der Waals surface area contributed by atoms with E-state index in [2.05, 4.69) is 44.7 Å². The van der Waals surface area contributed by atoms with Crippen molar-refractivity contribution in [2.75, 3.05) is 6.54 Å². The lowest BCUT2D eigenvalue weighted by molar-refractivity contribution is 0.241. The summed E-state index contributed by atoms with van der Waals surface area (Å²) in [5, 5.41) is 5.66. The van der Waals surface area contributed by atoms with E-state index in [-0.39, 0.29) is 0 Å². The molecule has 0 N–H and O–H groups in total. The number of nitrogens with zero attached hydrogens (tertiary/aromatic N) is 4. The fourth-order valence-corrected chi connectivity index (χ4v) is 4.86. The van der Waals surface area contributed by atoms with E-state index in [9.17, 15) is 0 Å². The lowest BCUT2D eigenvalue weighted by Crippen LogP contribution is -2.32. The van der Waals surface area contributed by atoms with E-state index in [0.717, 1.165) is 43.4 Å². The van der Waals surface area contributed by atoms with Gasteiger partial charge in [-0.2, -0.15) is 4.98 Å². The van der Waals surface area contributed by atoms with Crippen LogP contribution in [0, 0.1) is 6.92 Å². The molecule has 0 amide bonds. The van der Waals surface area contributed by atoms with Gasteiger partial charge in [0.05, 0.1) is 0 Å². The summed E-state index contributed by atoms with van der Waals surface area (Å²) < 4.78 is 8.01. The maximum Gasteiger partial charge on any atom is 0.257 e. The number of hydrogen-bond donors (Lipinski definition) is 0. The van der Waals surface area contributed by atoms with Crippen molar-refractivity contribution in [3.8, 4) is 11.5 Å². The molecule has 2 aromatic carbocycles. The van der Waals surface area contributed by atoms with Gasteiger partial charge >= 0.3 is 0 Å². The van der Waals surface area contributed by atoms with Gasteiger partial charge in [-0.05, 0) is 49.6 Å². The zero-order valence-electron chi connectivity index (χ0n) is 17.3. The van der Waals surface area contributed by atoms with E-state index < -0.39 is 0 Å². The van der Waals surface area contributed by atoms with Gasteiger partial charge in [0.25, 0.3) is 5.89 Å². The van der Waals surface area contributed by atoms with Crippen LogP contribution in [0.5, 0.6) is 0 Å². The maximum absolute atomic E-state index is 5.51. The molecule has 1 aliphatic heterocycles. The van der Waals surface area contributed by atoms with Gasteiger partial charge in [0.15, 0.2) is 5.82 Å². The molecule has 0 bridgehead atoms. The predicted molar refractivity (Wildman–Crippen MR) is 117 cm³/mol. The molecule has 5 nitrogen and oxygen atoms in total. The molecule has 1 fully saturated rings. The van der Waals surface area contributed by atoms with Crippen molar-refractivity contribution in [2.45, 2.75) is 51.7 Å². The predicted octanol–water partition coefficient (Wildman–Crippen LogP) is 4.76. The van der Waals surface area contributed by atoms with Gasteiger partial charge in [-0.15, -0.1) is 0 Å². The Kier molecular flexibility index (Phi) is 4.23. The summed E-state index contributed by atoms with van der Waals surface area (Å²) in [5.41, 5.74) is 6.67. The monoisotopic (exact) mass is 398 g/mol. The summed E-state index contributed by atoms with van der Waals surface area (Å²) >= 11 is 0. The molecule has 2 aromatic heterocycles. The van der Waals surface area contributed by atoms with Crippen LogP contribution in [0.4, 0.5) is 0 Å². The Hall–Kier alpha value is -2.92. The van der Waals surface area contributed by atoms with Crippen LogP contribution in [-0.4, -0.2) is 32.2 Å². The number of hydrogen-bond acceptors (Lipinski definition) is 4. The van der Waals surface area contributed by atoms with Crippen molar-refractivity contribution in [1.29, 1.82) is 0 Å². The number of aromatic nitrogens is 3. The first-order valence-corrected chi connectivity index (χ1v) is 11.0. The van der Waals surface area contributed by atoms with Gasteiger partial charge in [0.1, 0.15) is 0 Å². The van der Waals surface area contributed by atoms with Crippen LogP contribution in [-0.2, 0) is 25.9 Å². The minimum absolute atomic E-state index is 0.598. The highest BCUT2D eigenvalue weighted by molar-refractivity contribution is 5.86. The van der Waals surface area contributed by atoms with Gasteiger partial charge < -0.3 is 9.09 Å². The summed E-state index contributed by atoms with van der Waals surface area (Å²) in [6, 6.07) is 17.7. The Morgan fingerprint density at radius 3 is 2.80 bits per heavy atom. The molecular formula is C25H26N4O. The normalized spacial score (nSPS) is 16.8. The minimum atomic E-state index is 0.598. The van der Waals surface area contributed by atoms with Crippen molar-refractivity contribution >= 4 is 10.9 Å². The van der Waals surface area contributed by atoms with E-state index in [0.29, 0.717) is 5.89 Å². The molecule has 1 aliphatic carbocycles. The van der Waals surface area contributed by atoms with E-state index in [1.165, 1.54) is 47.1 Å². The van der Waals surface area contributed by atoms with Gasteiger partial charge in [-0.25, -0.2) is 0 Å². The highest BCUT2D eigenvalue weighted by Gasteiger charge is 2.33. The molecular weight excluding hydrogens is 372 g/mol. The molecule has 0 atom stereocenters. The fraction of sp³-hybridized carbons (Fsp3) is 0.360. The van der Waals surface area contributed by atoms with Crippen LogP contribution >= 0.6 is 0 Å². The first-order chi connectivity index (χ1) is 14.8. The standard InChI is InChI=1S/C25H26N4O/c1-17-7-10-22-20(15-17)21-16-28(19-8-9-19)13-11-23(21)29(22)14-12-24-26-25(30-27-24)18-5-3-2-4-6-18/h2-7,10,15,19H,8-9,11-14,16H2,1H3. The largest absolute Gasteiger partial charge is 0.344 e. The van der Waals surface area contributed by atoms with Crippen molar-refractivity contribution in [1.82, 2.24) is 19.6 Å². The number of rotatable bonds is 5. The van der Waals surface area contributed by atoms with Crippen LogP contribution in [0.15, 0.2) is 53.1 Å². The Morgan fingerprint density at radius 1 is 1.10 bits per heavy atom. The molecule has 5 heteroatoms. The lowest BCUT2D eigenvalue weighted by Gasteiger charge is -2.28. The minimum Gasteiger partial charge on any atom is -0.344 e. The zero-order chi connectivity index (χ0) is 20.1. The number of fused-ring (bicyclic) bond motifs is 3. The first-order valence-electron chi connectivity index (χ1n) is 11.0. The van der Waals surface area contributed by atoms with Crippen LogP contribution in [0.3, 0.4) is 0 Å². The van der Waals surface area contributed by atoms with Crippen LogP contribution in [0.25, 0.3) is 22.4 Å². The van der Waals surface area contributed by atoms with Crippen LogP contribution in [0.1, 0.15) is 35.5 Å². The highest BCUT2D eigenvalue weighted by atomic mass is 16.5. The Morgan fingerprint density at radius 2 is 1.97 bits per heavy atom. The molecule has 0 saturated heterocycles. The molecule has 2 aliphatic rings. The molecule has 3 heterocycles. The molecule has 0 unspecified atom stereocenters. The average molecular weight is 399 g/mol. The van der Waals surface area contributed by atoms with Crippen molar-refractivity contribution in [2.24, 2.45) is 0 Å². The third-order valence-corrected chi connectivity index (χ3v) is 6.55. The quantitative estimate of drug-likeness (QED) is 0.486. The fourth-order valence-electron chi connectivity index (χ4n) is 4.86. The topological polar surface area (TPSA) is 47.1 Å². The highest BCUT2D eigenvalue weighted by Crippen LogP contribution is 2.36. The number of aryl methyl sites for hydroxylation is 3. The molecule has 1 saturated carbocycles. The molecule has 6 rings (SSSR count). The Labute approximate surface area is 176 Å². The summed E-state index contributed by atoms with van der Waals surface area (Å²) in [4.78, 5) is 7.31. The molecule has 4 aromatic rings. The maximum atomic E-state index is 5.51. The average Bonchev–Trinajstić information content (AvgIpc) is 3.45. The summed E-state index contributed by atoms with van der Waals surface area (Å²) in [5.74, 6) is 1.37. The van der Waals surface area contributed by atoms with Gasteiger partial charge in [-0.1, -0.05) is 35.0 Å². The molecule has 0 radical (unpaired) electrons.